The number of ether oxygens (including phenoxy) is 4. The van der Waals surface area contributed by atoms with Gasteiger partial charge in [-0.2, -0.15) is 8.42 Å². The number of hydrogen-bond donors (Lipinski definition) is 2. The van der Waals surface area contributed by atoms with Crippen molar-refractivity contribution in [3.05, 3.63) is 48.3 Å². The van der Waals surface area contributed by atoms with Crippen molar-refractivity contribution in [2.75, 3.05) is 52.2 Å². The van der Waals surface area contributed by atoms with E-state index in [2.05, 4.69) is 21.2 Å². The molecule has 0 bridgehead atoms. The largest absolute Gasteiger partial charge is 0.487 e. The summed E-state index contributed by atoms with van der Waals surface area (Å²) < 4.78 is 47.7. The van der Waals surface area contributed by atoms with Gasteiger partial charge in [0, 0.05) is 36.9 Å². The normalized spacial score (nSPS) is 10.4. The summed E-state index contributed by atoms with van der Waals surface area (Å²) in [6.07, 6.45) is 7.71. The number of methoxy groups -OCH3 is 2. The highest BCUT2D eigenvalue weighted by atomic mass is 32.2. The van der Waals surface area contributed by atoms with Gasteiger partial charge in [-0.1, -0.05) is 12.0 Å². The molecule has 12 heteroatoms. The fourth-order valence-electron chi connectivity index (χ4n) is 2.68. The van der Waals surface area contributed by atoms with Crippen molar-refractivity contribution in [1.82, 2.24) is 9.97 Å². The summed E-state index contributed by atoms with van der Waals surface area (Å²) in [5, 5.41) is 4.10. The van der Waals surface area contributed by atoms with Crippen molar-refractivity contribution >= 4 is 32.5 Å². The first-order valence-corrected chi connectivity index (χ1v) is 11.9. The number of rotatable bonds is 10. The van der Waals surface area contributed by atoms with E-state index in [0.717, 1.165) is 22.2 Å². The van der Waals surface area contributed by atoms with E-state index in [-0.39, 0.29) is 5.48 Å². The van der Waals surface area contributed by atoms with Gasteiger partial charge in [-0.05, 0) is 24.3 Å². The van der Waals surface area contributed by atoms with E-state index in [1.54, 1.807) is 14.2 Å². The SMILES string of the molecule is C#Cc1cccc(Nc2ncnc3cc(OCCOC)c(OCCOC)cc23)c1.CS(=O)(=O)O.O. The molecule has 0 aliphatic carbocycles. The average Bonchev–Trinajstić information content (AvgIpc) is 2.79. The maximum Gasteiger partial charge on any atom is 0.261 e. The topological polar surface area (TPSA) is 161 Å². The lowest BCUT2D eigenvalue weighted by Gasteiger charge is -2.15. The fourth-order valence-corrected chi connectivity index (χ4v) is 2.68. The van der Waals surface area contributed by atoms with Gasteiger partial charge in [-0.15, -0.1) is 6.42 Å². The number of fused-ring (bicyclic) bond motifs is 1. The van der Waals surface area contributed by atoms with Gasteiger partial charge in [-0.3, -0.25) is 4.55 Å². The summed E-state index contributed by atoms with van der Waals surface area (Å²) in [7, 11) is -0.417. The number of nitrogens with one attached hydrogen (secondary N) is 1. The standard InChI is InChI=1S/C22H23N3O4.CH4O3S.H2O/c1-4-16-6-5-7-17(12-16)25-22-18-13-20(28-10-8-26-2)21(29-11-9-27-3)14-19(18)23-15-24-22;1-5(2,3)4;/h1,5-7,12-15H,8-11H2,2-3H3,(H,23,24,25);1H3,(H,2,3,4);1H2. The van der Waals surface area contributed by atoms with Crippen molar-refractivity contribution in [2.45, 2.75) is 0 Å². The molecule has 0 radical (unpaired) electrons. The maximum atomic E-state index is 9.19. The zero-order valence-corrected chi connectivity index (χ0v) is 20.5. The quantitative estimate of drug-likeness (QED) is 0.236. The molecular weight excluding hydrogens is 478 g/mol. The summed E-state index contributed by atoms with van der Waals surface area (Å²) in [6, 6.07) is 11.3. The Balaban J connectivity index is 0.000000927. The Morgan fingerprint density at radius 3 is 2.17 bits per heavy atom. The van der Waals surface area contributed by atoms with Crippen LogP contribution in [0.25, 0.3) is 10.9 Å². The van der Waals surface area contributed by atoms with Gasteiger partial charge in [0.2, 0.25) is 0 Å². The van der Waals surface area contributed by atoms with Crippen LogP contribution < -0.4 is 14.8 Å². The second kappa shape index (κ2) is 14.7. The molecular formula is C23H29N3O8S. The van der Waals surface area contributed by atoms with Crippen LogP contribution >= 0.6 is 0 Å². The first-order chi connectivity index (χ1) is 16.2. The summed E-state index contributed by atoms with van der Waals surface area (Å²) in [4.78, 5) is 8.75. The summed E-state index contributed by atoms with van der Waals surface area (Å²) in [6.45, 7) is 1.73. The Morgan fingerprint density at radius 1 is 1.00 bits per heavy atom. The molecule has 11 nitrogen and oxygen atoms in total. The molecule has 4 N–H and O–H groups in total. The van der Waals surface area contributed by atoms with Crippen molar-refractivity contribution < 1.29 is 37.4 Å². The number of benzene rings is 2. The van der Waals surface area contributed by atoms with Gasteiger partial charge in [-0.25, -0.2) is 9.97 Å². The third-order valence-electron chi connectivity index (χ3n) is 4.08. The maximum absolute atomic E-state index is 9.19. The number of aromatic nitrogens is 2. The minimum atomic E-state index is -3.67. The van der Waals surface area contributed by atoms with E-state index < -0.39 is 10.1 Å². The number of nitrogens with zero attached hydrogens (tertiary/aromatic N) is 2. The van der Waals surface area contributed by atoms with E-state index in [1.165, 1.54) is 6.33 Å². The van der Waals surface area contributed by atoms with E-state index in [9.17, 15) is 8.42 Å². The molecule has 190 valence electrons. The Morgan fingerprint density at radius 2 is 1.60 bits per heavy atom. The Bertz CT molecular complexity index is 1220. The monoisotopic (exact) mass is 507 g/mol. The minimum Gasteiger partial charge on any atom is -0.487 e. The van der Waals surface area contributed by atoms with Gasteiger partial charge < -0.3 is 29.7 Å². The third-order valence-corrected chi connectivity index (χ3v) is 4.08. The van der Waals surface area contributed by atoms with E-state index in [0.29, 0.717) is 50.0 Å². The Hall–Kier alpha value is -3.47. The van der Waals surface area contributed by atoms with E-state index in [4.69, 9.17) is 29.9 Å². The van der Waals surface area contributed by atoms with Gasteiger partial charge >= 0.3 is 0 Å². The van der Waals surface area contributed by atoms with Crippen molar-refractivity contribution in [3.63, 3.8) is 0 Å². The second-order valence-electron chi connectivity index (χ2n) is 6.80. The van der Waals surface area contributed by atoms with Crippen molar-refractivity contribution in [1.29, 1.82) is 0 Å². The minimum absolute atomic E-state index is 0. The van der Waals surface area contributed by atoms with Crippen LogP contribution in [0.5, 0.6) is 11.5 Å². The molecule has 0 atom stereocenters. The molecule has 3 rings (SSSR count). The highest BCUT2D eigenvalue weighted by molar-refractivity contribution is 7.85. The van der Waals surface area contributed by atoms with Crippen LogP contribution in [0.1, 0.15) is 5.56 Å². The van der Waals surface area contributed by atoms with Gasteiger partial charge in [0.05, 0.1) is 25.0 Å². The summed E-state index contributed by atoms with van der Waals surface area (Å²) in [5.74, 6) is 4.44. The first-order valence-electron chi connectivity index (χ1n) is 10.0. The molecule has 0 amide bonds. The third kappa shape index (κ3) is 10.6. The lowest BCUT2D eigenvalue weighted by atomic mass is 10.2. The van der Waals surface area contributed by atoms with E-state index >= 15 is 0 Å². The number of terminal acetylenes is 1. The summed E-state index contributed by atoms with van der Waals surface area (Å²) in [5.41, 5.74) is 2.34. The van der Waals surface area contributed by atoms with Crippen molar-refractivity contribution in [3.8, 4) is 23.8 Å². The van der Waals surface area contributed by atoms with E-state index in [1.807, 2.05) is 36.4 Å². The number of hydrogen-bond acceptors (Lipinski definition) is 9. The molecule has 0 saturated heterocycles. The molecule has 0 saturated carbocycles. The molecule has 3 aromatic rings. The fraction of sp³-hybridized carbons (Fsp3) is 0.304. The molecule has 1 heterocycles. The lowest BCUT2D eigenvalue weighted by Crippen LogP contribution is -2.09. The molecule has 2 aromatic carbocycles. The van der Waals surface area contributed by atoms with Crippen LogP contribution in [0.2, 0.25) is 0 Å². The van der Waals surface area contributed by atoms with Crippen LogP contribution in [0, 0.1) is 12.3 Å². The van der Waals surface area contributed by atoms with Crippen LogP contribution in [-0.2, 0) is 19.6 Å². The highest BCUT2D eigenvalue weighted by Crippen LogP contribution is 2.35. The van der Waals surface area contributed by atoms with Gasteiger partial charge in [0.15, 0.2) is 11.5 Å². The predicted octanol–water partition coefficient (Wildman–Crippen LogP) is 2.08. The first kappa shape index (κ1) is 29.6. The second-order valence-corrected chi connectivity index (χ2v) is 8.27. The predicted molar refractivity (Wildman–Crippen MR) is 133 cm³/mol. The van der Waals surface area contributed by atoms with Crippen LogP contribution in [0.4, 0.5) is 11.5 Å². The lowest BCUT2D eigenvalue weighted by molar-refractivity contribution is 0.132. The Labute approximate surface area is 204 Å². The molecule has 0 aliphatic rings. The molecule has 0 unspecified atom stereocenters. The Kier molecular flexibility index (Phi) is 12.4. The zero-order chi connectivity index (χ0) is 25.0. The smallest absolute Gasteiger partial charge is 0.261 e. The molecule has 0 fully saturated rings. The van der Waals surface area contributed by atoms with Gasteiger partial charge in [0.25, 0.3) is 10.1 Å². The summed E-state index contributed by atoms with van der Waals surface area (Å²) >= 11 is 0. The molecule has 35 heavy (non-hydrogen) atoms. The van der Waals surface area contributed by atoms with Gasteiger partial charge in [0.1, 0.15) is 25.4 Å². The van der Waals surface area contributed by atoms with Crippen molar-refractivity contribution in [2.24, 2.45) is 0 Å². The van der Waals surface area contributed by atoms with Crippen LogP contribution in [-0.4, -0.2) is 75.3 Å². The molecule has 0 spiro atoms. The van der Waals surface area contributed by atoms with Crippen LogP contribution in [0.3, 0.4) is 0 Å². The average molecular weight is 508 g/mol. The zero-order valence-electron chi connectivity index (χ0n) is 19.6. The highest BCUT2D eigenvalue weighted by Gasteiger charge is 2.13. The molecule has 1 aromatic heterocycles. The van der Waals surface area contributed by atoms with Crippen LogP contribution in [0.15, 0.2) is 42.7 Å². The molecule has 0 aliphatic heterocycles. The number of anilines is 2.